The van der Waals surface area contributed by atoms with E-state index in [2.05, 4.69) is 18.8 Å². The second-order valence-corrected chi connectivity index (χ2v) is 5.51. The number of ether oxygens (including phenoxy) is 1. The Kier molecular flexibility index (Phi) is 4.63. The number of nitrogens with zero attached hydrogens (tertiary/aromatic N) is 1. The number of hydrogen-bond donors (Lipinski definition) is 1. The highest BCUT2D eigenvalue weighted by Gasteiger charge is 2.14. The largest absolute Gasteiger partial charge is 0.451 e. The molecular weight excluding hydrogens is 298 g/mol. The number of halogens is 3. The van der Waals surface area contributed by atoms with Gasteiger partial charge >= 0.3 is 0 Å². The minimum atomic E-state index is -0.884. The normalized spacial score (nSPS) is 11.0. The van der Waals surface area contributed by atoms with Gasteiger partial charge in [-0.05, 0) is 18.4 Å². The lowest BCUT2D eigenvalue weighted by molar-refractivity contribution is 0.436. The van der Waals surface area contributed by atoms with Crippen LogP contribution in [-0.2, 0) is 6.42 Å². The number of hydrogen-bond acceptors (Lipinski definition) is 3. The molecule has 2 aromatic rings. The summed E-state index contributed by atoms with van der Waals surface area (Å²) in [6, 6.07) is 3.22. The fourth-order valence-electron chi connectivity index (χ4n) is 1.85. The molecule has 0 saturated heterocycles. The molecule has 0 aliphatic carbocycles. The van der Waals surface area contributed by atoms with Gasteiger partial charge in [0.25, 0.3) is 0 Å². The highest BCUT2D eigenvalue weighted by Crippen LogP contribution is 2.33. The molecule has 0 aliphatic heterocycles. The van der Waals surface area contributed by atoms with Gasteiger partial charge in [-0.3, -0.25) is 4.98 Å². The number of anilines is 1. The van der Waals surface area contributed by atoms with Crippen molar-refractivity contribution in [1.29, 1.82) is 0 Å². The number of nitrogen functional groups attached to an aromatic ring is 1. The minimum absolute atomic E-state index is 0.155. The van der Waals surface area contributed by atoms with Crippen LogP contribution in [0.1, 0.15) is 19.5 Å². The van der Waals surface area contributed by atoms with Crippen LogP contribution < -0.4 is 10.5 Å². The molecule has 0 amide bonds. The van der Waals surface area contributed by atoms with Crippen molar-refractivity contribution < 1.29 is 13.5 Å². The van der Waals surface area contributed by atoms with Crippen molar-refractivity contribution in [2.75, 3.05) is 5.73 Å². The van der Waals surface area contributed by atoms with E-state index in [0.29, 0.717) is 17.7 Å². The fraction of sp³-hybridized carbons (Fsp3) is 0.267. The molecule has 0 unspecified atom stereocenters. The minimum Gasteiger partial charge on any atom is -0.451 e. The Morgan fingerprint density at radius 2 is 2.00 bits per heavy atom. The van der Waals surface area contributed by atoms with Gasteiger partial charge in [0.15, 0.2) is 11.6 Å². The second kappa shape index (κ2) is 6.26. The Morgan fingerprint density at radius 1 is 1.29 bits per heavy atom. The van der Waals surface area contributed by atoms with E-state index in [0.717, 1.165) is 18.2 Å². The third-order valence-electron chi connectivity index (χ3n) is 2.76. The first kappa shape index (κ1) is 15.5. The monoisotopic (exact) mass is 312 g/mol. The third kappa shape index (κ3) is 3.82. The summed E-state index contributed by atoms with van der Waals surface area (Å²) in [5.41, 5.74) is 7.11. The van der Waals surface area contributed by atoms with Crippen molar-refractivity contribution in [2.24, 2.45) is 5.92 Å². The van der Waals surface area contributed by atoms with E-state index in [4.69, 9.17) is 22.1 Å². The summed E-state index contributed by atoms with van der Waals surface area (Å²) in [6.45, 7) is 4.11. The molecular formula is C15H15ClF2N2O. The standard InChI is InChI=1S/C15H15ClF2N2O/c1-8(2)3-14-13(19)6-10(7-20-14)21-15-11(16)4-9(17)5-12(15)18/h4-8H,3,19H2,1-2H3. The lowest BCUT2D eigenvalue weighted by atomic mass is 10.1. The first-order chi connectivity index (χ1) is 9.86. The maximum Gasteiger partial charge on any atom is 0.181 e. The smallest absolute Gasteiger partial charge is 0.181 e. The van der Waals surface area contributed by atoms with E-state index in [1.54, 1.807) is 6.07 Å². The van der Waals surface area contributed by atoms with Crippen molar-refractivity contribution in [3.8, 4) is 11.5 Å². The molecule has 2 rings (SSSR count). The van der Waals surface area contributed by atoms with Crippen LogP contribution in [0.2, 0.25) is 5.02 Å². The van der Waals surface area contributed by atoms with E-state index in [1.165, 1.54) is 6.20 Å². The molecule has 0 radical (unpaired) electrons. The molecule has 1 heterocycles. The number of aromatic nitrogens is 1. The maximum atomic E-state index is 13.6. The predicted molar refractivity (Wildman–Crippen MR) is 78.6 cm³/mol. The van der Waals surface area contributed by atoms with Crippen LogP contribution in [0.5, 0.6) is 11.5 Å². The highest BCUT2D eigenvalue weighted by molar-refractivity contribution is 6.32. The molecule has 0 bridgehead atoms. The average molecular weight is 313 g/mol. The predicted octanol–water partition coefficient (Wildman–Crippen LogP) is 4.59. The van der Waals surface area contributed by atoms with Crippen molar-refractivity contribution in [2.45, 2.75) is 20.3 Å². The summed E-state index contributed by atoms with van der Waals surface area (Å²) in [4.78, 5) is 4.20. The van der Waals surface area contributed by atoms with E-state index in [9.17, 15) is 8.78 Å². The summed E-state index contributed by atoms with van der Waals surface area (Å²) in [5.74, 6) is -1.25. The zero-order valence-electron chi connectivity index (χ0n) is 11.7. The van der Waals surface area contributed by atoms with E-state index in [-0.39, 0.29) is 16.5 Å². The SMILES string of the molecule is CC(C)Cc1ncc(Oc2c(F)cc(F)cc2Cl)cc1N. The molecule has 0 aliphatic rings. The quantitative estimate of drug-likeness (QED) is 0.898. The van der Waals surface area contributed by atoms with E-state index >= 15 is 0 Å². The molecule has 6 heteroatoms. The highest BCUT2D eigenvalue weighted by atomic mass is 35.5. The van der Waals surface area contributed by atoms with Crippen LogP contribution in [0.25, 0.3) is 0 Å². The summed E-state index contributed by atoms with van der Waals surface area (Å²) in [6.07, 6.45) is 2.17. The molecule has 0 atom stereocenters. The molecule has 2 N–H and O–H groups in total. The van der Waals surface area contributed by atoms with Crippen LogP contribution >= 0.6 is 11.6 Å². The van der Waals surface area contributed by atoms with E-state index in [1.807, 2.05) is 0 Å². The molecule has 1 aromatic carbocycles. The molecule has 0 spiro atoms. The van der Waals surface area contributed by atoms with Gasteiger partial charge in [0.1, 0.15) is 11.6 Å². The fourth-order valence-corrected chi connectivity index (χ4v) is 2.08. The Bertz CT molecular complexity index is 639. The van der Waals surface area contributed by atoms with E-state index < -0.39 is 11.6 Å². The molecule has 0 saturated carbocycles. The number of pyridine rings is 1. The molecule has 3 nitrogen and oxygen atoms in total. The lowest BCUT2D eigenvalue weighted by Gasteiger charge is -2.11. The molecule has 21 heavy (non-hydrogen) atoms. The second-order valence-electron chi connectivity index (χ2n) is 5.11. The summed E-state index contributed by atoms with van der Waals surface area (Å²) in [7, 11) is 0. The summed E-state index contributed by atoms with van der Waals surface area (Å²) < 4.78 is 31.9. The van der Waals surface area contributed by atoms with Crippen LogP contribution in [-0.4, -0.2) is 4.98 Å². The van der Waals surface area contributed by atoms with Gasteiger partial charge < -0.3 is 10.5 Å². The zero-order chi connectivity index (χ0) is 15.6. The zero-order valence-corrected chi connectivity index (χ0v) is 12.4. The van der Waals surface area contributed by atoms with Gasteiger partial charge in [-0.1, -0.05) is 25.4 Å². The third-order valence-corrected chi connectivity index (χ3v) is 3.04. The van der Waals surface area contributed by atoms with Gasteiger partial charge in [-0.25, -0.2) is 8.78 Å². The van der Waals surface area contributed by atoms with Crippen LogP contribution in [0.15, 0.2) is 24.4 Å². The van der Waals surface area contributed by atoms with Crippen LogP contribution in [0, 0.1) is 17.6 Å². The first-order valence-corrected chi connectivity index (χ1v) is 6.81. The van der Waals surface area contributed by atoms with Crippen LogP contribution in [0.4, 0.5) is 14.5 Å². The van der Waals surface area contributed by atoms with Gasteiger partial charge in [-0.2, -0.15) is 0 Å². The average Bonchev–Trinajstić information content (AvgIpc) is 2.36. The summed E-state index contributed by atoms with van der Waals surface area (Å²) >= 11 is 5.77. The Morgan fingerprint density at radius 3 is 2.57 bits per heavy atom. The van der Waals surface area contributed by atoms with Gasteiger partial charge in [0.05, 0.1) is 22.6 Å². The van der Waals surface area contributed by atoms with Crippen molar-refractivity contribution in [3.05, 3.63) is 46.7 Å². The molecule has 112 valence electrons. The first-order valence-electron chi connectivity index (χ1n) is 6.43. The number of benzene rings is 1. The van der Waals surface area contributed by atoms with Gasteiger partial charge in [0, 0.05) is 12.1 Å². The molecule has 0 fully saturated rings. The van der Waals surface area contributed by atoms with Crippen molar-refractivity contribution in [3.63, 3.8) is 0 Å². The topological polar surface area (TPSA) is 48.1 Å². The number of rotatable bonds is 4. The Hall–Kier alpha value is -1.88. The van der Waals surface area contributed by atoms with Crippen molar-refractivity contribution in [1.82, 2.24) is 4.98 Å². The van der Waals surface area contributed by atoms with Gasteiger partial charge in [-0.15, -0.1) is 0 Å². The lowest BCUT2D eigenvalue weighted by Crippen LogP contribution is -2.03. The maximum absolute atomic E-state index is 13.6. The van der Waals surface area contributed by atoms with Gasteiger partial charge in [0.2, 0.25) is 0 Å². The Labute approximate surface area is 126 Å². The number of nitrogens with two attached hydrogens (primary N) is 1. The molecule has 1 aromatic heterocycles. The summed E-state index contributed by atoms with van der Waals surface area (Å²) in [5, 5.41) is -0.155. The van der Waals surface area contributed by atoms with Crippen LogP contribution in [0.3, 0.4) is 0 Å². The van der Waals surface area contributed by atoms with Crippen molar-refractivity contribution >= 4 is 17.3 Å². The Balaban J connectivity index is 2.27.